The first-order valence-corrected chi connectivity index (χ1v) is 10.9. The quantitative estimate of drug-likeness (QED) is 0.576. The van der Waals surface area contributed by atoms with Crippen LogP contribution in [-0.4, -0.2) is 59.3 Å². The third kappa shape index (κ3) is 4.51. The van der Waals surface area contributed by atoms with Crippen LogP contribution in [0.25, 0.3) is 5.69 Å². The predicted molar refractivity (Wildman–Crippen MR) is 124 cm³/mol. The number of piperazine rings is 1. The second-order valence-electron chi connectivity index (χ2n) is 8.01. The highest BCUT2D eigenvalue weighted by Gasteiger charge is 2.23. The lowest BCUT2D eigenvalue weighted by molar-refractivity contribution is 0.0526. The Bertz CT molecular complexity index is 1110. The highest BCUT2D eigenvalue weighted by atomic mass is 16.5. The Labute approximate surface area is 188 Å². The van der Waals surface area contributed by atoms with E-state index in [-0.39, 0.29) is 5.91 Å². The SMILES string of the molecule is CCOC(=O)c1cnn(-c2ccc(C(=O)N3CCN(c4ccc(C)cc4C)CC3)cc2)c1. The van der Waals surface area contributed by atoms with Gasteiger partial charge in [0, 0.05) is 43.6 Å². The summed E-state index contributed by atoms with van der Waals surface area (Å²) < 4.78 is 6.60. The monoisotopic (exact) mass is 432 g/mol. The van der Waals surface area contributed by atoms with E-state index in [2.05, 4.69) is 42.0 Å². The zero-order valence-electron chi connectivity index (χ0n) is 18.7. The van der Waals surface area contributed by atoms with Crippen LogP contribution in [0.2, 0.25) is 0 Å². The molecule has 1 aromatic heterocycles. The summed E-state index contributed by atoms with van der Waals surface area (Å²) in [6.07, 6.45) is 3.10. The lowest BCUT2D eigenvalue weighted by atomic mass is 10.1. The van der Waals surface area contributed by atoms with Gasteiger partial charge in [0.15, 0.2) is 0 Å². The van der Waals surface area contributed by atoms with Crippen molar-refractivity contribution < 1.29 is 14.3 Å². The van der Waals surface area contributed by atoms with E-state index in [0.717, 1.165) is 18.8 Å². The summed E-state index contributed by atoms with van der Waals surface area (Å²) in [6, 6.07) is 13.8. The molecule has 166 valence electrons. The molecular formula is C25H28N4O3. The topological polar surface area (TPSA) is 67.7 Å². The van der Waals surface area contributed by atoms with Crippen LogP contribution in [0.4, 0.5) is 5.69 Å². The van der Waals surface area contributed by atoms with Crippen molar-refractivity contribution in [3.8, 4) is 5.69 Å². The minimum Gasteiger partial charge on any atom is -0.462 e. The van der Waals surface area contributed by atoms with E-state index < -0.39 is 5.97 Å². The van der Waals surface area contributed by atoms with Gasteiger partial charge in [-0.25, -0.2) is 9.48 Å². The Hall–Kier alpha value is -3.61. The lowest BCUT2D eigenvalue weighted by Gasteiger charge is -2.37. The third-order valence-electron chi connectivity index (χ3n) is 5.73. The van der Waals surface area contributed by atoms with E-state index in [1.54, 1.807) is 29.9 Å². The van der Waals surface area contributed by atoms with Crippen LogP contribution < -0.4 is 4.90 Å². The van der Waals surface area contributed by atoms with Crippen molar-refractivity contribution in [3.63, 3.8) is 0 Å². The minimum absolute atomic E-state index is 0.0319. The van der Waals surface area contributed by atoms with Crippen molar-refractivity contribution in [1.82, 2.24) is 14.7 Å². The van der Waals surface area contributed by atoms with Gasteiger partial charge < -0.3 is 14.5 Å². The number of carbonyl (C=O) groups excluding carboxylic acids is 2. The van der Waals surface area contributed by atoms with E-state index in [9.17, 15) is 9.59 Å². The molecule has 3 aromatic rings. The summed E-state index contributed by atoms with van der Waals surface area (Å²) >= 11 is 0. The van der Waals surface area contributed by atoms with Crippen LogP contribution in [0.1, 0.15) is 38.8 Å². The number of amides is 1. The molecule has 1 aliphatic rings. The molecule has 1 fully saturated rings. The first-order chi connectivity index (χ1) is 15.5. The lowest BCUT2D eigenvalue weighted by Crippen LogP contribution is -2.49. The fraction of sp³-hybridized carbons (Fsp3) is 0.320. The fourth-order valence-corrected chi connectivity index (χ4v) is 4.03. The van der Waals surface area contributed by atoms with Crippen molar-refractivity contribution in [2.24, 2.45) is 0 Å². The minimum atomic E-state index is -0.398. The number of carbonyl (C=O) groups is 2. The Balaban J connectivity index is 1.39. The summed E-state index contributed by atoms with van der Waals surface area (Å²) in [5.41, 5.74) is 5.59. The number of aromatic nitrogens is 2. The van der Waals surface area contributed by atoms with Crippen LogP contribution in [-0.2, 0) is 4.74 Å². The Morgan fingerprint density at radius 3 is 2.34 bits per heavy atom. The number of aryl methyl sites for hydroxylation is 2. The highest BCUT2D eigenvalue weighted by molar-refractivity contribution is 5.94. The molecule has 1 amide bonds. The molecule has 4 rings (SSSR count). The summed E-state index contributed by atoms with van der Waals surface area (Å²) in [6.45, 7) is 9.34. The van der Waals surface area contributed by atoms with Gasteiger partial charge in [0.25, 0.3) is 5.91 Å². The maximum atomic E-state index is 13.0. The number of rotatable bonds is 5. The summed E-state index contributed by atoms with van der Waals surface area (Å²) in [7, 11) is 0. The van der Waals surface area contributed by atoms with E-state index >= 15 is 0 Å². The average Bonchev–Trinajstić information content (AvgIpc) is 3.30. The molecule has 0 aliphatic carbocycles. The van der Waals surface area contributed by atoms with E-state index in [1.165, 1.54) is 23.0 Å². The van der Waals surface area contributed by atoms with Crippen LogP contribution in [0.5, 0.6) is 0 Å². The van der Waals surface area contributed by atoms with E-state index in [1.807, 2.05) is 17.0 Å². The molecular weight excluding hydrogens is 404 g/mol. The second kappa shape index (κ2) is 9.26. The van der Waals surface area contributed by atoms with Gasteiger partial charge in [-0.3, -0.25) is 4.79 Å². The number of esters is 1. The molecule has 7 heteroatoms. The van der Waals surface area contributed by atoms with Gasteiger partial charge in [0.1, 0.15) is 0 Å². The fourth-order valence-electron chi connectivity index (χ4n) is 4.03. The molecule has 0 unspecified atom stereocenters. The molecule has 32 heavy (non-hydrogen) atoms. The van der Waals surface area contributed by atoms with E-state index in [0.29, 0.717) is 30.8 Å². The normalized spacial score (nSPS) is 13.8. The maximum Gasteiger partial charge on any atom is 0.341 e. The van der Waals surface area contributed by atoms with Gasteiger partial charge in [0.05, 0.1) is 24.1 Å². The number of anilines is 1. The molecule has 0 bridgehead atoms. The van der Waals surface area contributed by atoms with Crippen LogP contribution in [0.15, 0.2) is 54.9 Å². The maximum absolute atomic E-state index is 13.0. The largest absolute Gasteiger partial charge is 0.462 e. The van der Waals surface area contributed by atoms with Gasteiger partial charge in [0.2, 0.25) is 0 Å². The number of nitrogens with zero attached hydrogens (tertiary/aromatic N) is 4. The molecule has 0 radical (unpaired) electrons. The van der Waals surface area contributed by atoms with Gasteiger partial charge >= 0.3 is 5.97 Å². The van der Waals surface area contributed by atoms with Crippen molar-refractivity contribution >= 4 is 17.6 Å². The molecule has 1 saturated heterocycles. The molecule has 1 aliphatic heterocycles. The first-order valence-electron chi connectivity index (χ1n) is 10.9. The zero-order chi connectivity index (χ0) is 22.7. The van der Waals surface area contributed by atoms with Crippen LogP contribution >= 0.6 is 0 Å². The number of hydrogen-bond acceptors (Lipinski definition) is 5. The summed E-state index contributed by atoms with van der Waals surface area (Å²) in [5.74, 6) is -0.366. The average molecular weight is 433 g/mol. The Kier molecular flexibility index (Phi) is 6.25. The van der Waals surface area contributed by atoms with Crippen LogP contribution in [0, 0.1) is 13.8 Å². The molecule has 0 saturated carbocycles. The zero-order valence-corrected chi connectivity index (χ0v) is 18.7. The molecule has 7 nitrogen and oxygen atoms in total. The van der Waals surface area contributed by atoms with Crippen LogP contribution in [0.3, 0.4) is 0 Å². The number of benzene rings is 2. The Morgan fingerprint density at radius 1 is 0.969 bits per heavy atom. The molecule has 0 N–H and O–H groups in total. The van der Waals surface area contributed by atoms with Crippen molar-refractivity contribution in [2.45, 2.75) is 20.8 Å². The number of hydrogen-bond donors (Lipinski definition) is 0. The van der Waals surface area contributed by atoms with E-state index in [4.69, 9.17) is 4.74 Å². The van der Waals surface area contributed by atoms with Gasteiger partial charge in [-0.05, 0) is 56.7 Å². The predicted octanol–water partition coefficient (Wildman–Crippen LogP) is 3.63. The smallest absolute Gasteiger partial charge is 0.341 e. The van der Waals surface area contributed by atoms with Gasteiger partial charge in [-0.15, -0.1) is 0 Å². The first kappa shape index (κ1) is 21.6. The van der Waals surface area contributed by atoms with Gasteiger partial charge in [-0.2, -0.15) is 5.10 Å². The molecule has 2 heterocycles. The summed E-state index contributed by atoms with van der Waals surface area (Å²) in [4.78, 5) is 29.1. The Morgan fingerprint density at radius 2 is 1.69 bits per heavy atom. The van der Waals surface area contributed by atoms with Crippen molar-refractivity contribution in [3.05, 3.63) is 77.1 Å². The summed E-state index contributed by atoms with van der Waals surface area (Å²) in [5, 5.41) is 4.22. The number of ether oxygens (including phenoxy) is 1. The van der Waals surface area contributed by atoms with Gasteiger partial charge in [-0.1, -0.05) is 17.7 Å². The van der Waals surface area contributed by atoms with Crippen molar-refractivity contribution in [2.75, 3.05) is 37.7 Å². The molecule has 0 spiro atoms. The molecule has 0 atom stereocenters. The van der Waals surface area contributed by atoms with Crippen molar-refractivity contribution in [1.29, 1.82) is 0 Å². The molecule has 2 aromatic carbocycles. The third-order valence-corrected chi connectivity index (χ3v) is 5.73. The highest BCUT2D eigenvalue weighted by Crippen LogP contribution is 2.23. The second-order valence-corrected chi connectivity index (χ2v) is 8.01. The standard InChI is InChI=1S/C25H28N4O3/c1-4-32-25(31)21-16-26-29(17-21)22-8-6-20(7-9-22)24(30)28-13-11-27(12-14-28)23-10-5-18(2)15-19(23)3/h5-10,15-17H,4,11-14H2,1-3H3.